The molecule has 0 amide bonds. The summed E-state index contributed by atoms with van der Waals surface area (Å²) in [6.07, 6.45) is 14.5. The van der Waals surface area contributed by atoms with Gasteiger partial charge in [-0.1, -0.05) is 78.1 Å². The van der Waals surface area contributed by atoms with Crippen molar-refractivity contribution in [3.63, 3.8) is 0 Å². The number of cyclic esters (lactones) is 4. The molecule has 35 heavy (non-hydrogen) atoms. The minimum Gasteiger partial charge on any atom is -0.385 e. The van der Waals surface area contributed by atoms with Crippen molar-refractivity contribution in [1.29, 1.82) is 0 Å². The molecule has 6 nitrogen and oxygen atoms in total. The molecular formula is C28H34O6S. The van der Waals surface area contributed by atoms with E-state index in [-0.39, 0.29) is 9.75 Å². The van der Waals surface area contributed by atoms with E-state index in [0.29, 0.717) is 34.7 Å². The first-order valence-electron chi connectivity index (χ1n) is 13.2. The summed E-state index contributed by atoms with van der Waals surface area (Å²) in [6.45, 7) is 4.37. The first kappa shape index (κ1) is 25.5. The minimum atomic E-state index is -0.758. The third kappa shape index (κ3) is 5.06. The summed E-state index contributed by atoms with van der Waals surface area (Å²) in [5.41, 5.74) is 2.34. The highest BCUT2D eigenvalue weighted by Gasteiger charge is 2.42. The lowest BCUT2D eigenvalue weighted by molar-refractivity contribution is 0.0373. The summed E-state index contributed by atoms with van der Waals surface area (Å²) >= 11 is 0.963. The zero-order valence-electron chi connectivity index (χ0n) is 20.8. The van der Waals surface area contributed by atoms with Gasteiger partial charge in [-0.05, 0) is 36.8 Å². The Balaban J connectivity index is 1.76. The largest absolute Gasteiger partial charge is 0.385 e. The van der Waals surface area contributed by atoms with E-state index in [0.717, 1.165) is 61.0 Å². The van der Waals surface area contributed by atoms with Gasteiger partial charge in [-0.15, -0.1) is 11.3 Å². The summed E-state index contributed by atoms with van der Waals surface area (Å²) in [7, 11) is 0. The Hall–Kier alpha value is -2.54. The Morgan fingerprint density at radius 1 is 0.514 bits per heavy atom. The Morgan fingerprint density at radius 2 is 0.886 bits per heavy atom. The van der Waals surface area contributed by atoms with E-state index in [4.69, 9.17) is 9.47 Å². The second-order valence-corrected chi connectivity index (χ2v) is 10.6. The molecule has 0 N–H and O–H groups in total. The van der Waals surface area contributed by atoms with E-state index in [1.165, 1.54) is 38.5 Å². The Labute approximate surface area is 210 Å². The molecule has 0 unspecified atom stereocenters. The fraction of sp³-hybridized carbons (Fsp3) is 0.571. The van der Waals surface area contributed by atoms with Crippen LogP contribution in [0.15, 0.2) is 0 Å². The van der Waals surface area contributed by atoms with Gasteiger partial charge in [-0.3, -0.25) is 0 Å². The normalized spacial score (nSPS) is 14.6. The molecule has 2 aliphatic heterocycles. The lowest BCUT2D eigenvalue weighted by Gasteiger charge is -2.23. The van der Waals surface area contributed by atoms with Gasteiger partial charge < -0.3 is 9.47 Å². The molecule has 2 aliphatic rings. The Kier molecular flexibility index (Phi) is 8.37. The summed E-state index contributed by atoms with van der Waals surface area (Å²) in [5.74, 6) is -2.86. The molecule has 188 valence electrons. The van der Waals surface area contributed by atoms with Crippen LogP contribution in [0.4, 0.5) is 0 Å². The minimum absolute atomic E-state index is 0.216. The summed E-state index contributed by atoms with van der Waals surface area (Å²) < 4.78 is 10.2. The zero-order valence-corrected chi connectivity index (χ0v) is 21.6. The van der Waals surface area contributed by atoms with Crippen LogP contribution in [0.3, 0.4) is 0 Å². The lowest BCUT2D eigenvalue weighted by Crippen LogP contribution is -2.25. The monoisotopic (exact) mass is 498 g/mol. The van der Waals surface area contributed by atoms with Crippen molar-refractivity contribution >= 4 is 46.0 Å². The molecule has 0 fully saturated rings. The topological polar surface area (TPSA) is 86.7 Å². The van der Waals surface area contributed by atoms with Crippen molar-refractivity contribution in [2.45, 2.75) is 104 Å². The Morgan fingerprint density at radius 3 is 1.29 bits per heavy atom. The maximum Gasteiger partial charge on any atom is 0.356 e. The fourth-order valence-corrected chi connectivity index (χ4v) is 6.40. The molecule has 0 radical (unpaired) electrons. The predicted molar refractivity (Wildman–Crippen MR) is 135 cm³/mol. The van der Waals surface area contributed by atoms with Crippen molar-refractivity contribution in [2.75, 3.05) is 0 Å². The van der Waals surface area contributed by atoms with Gasteiger partial charge in [0.2, 0.25) is 0 Å². The highest BCUT2D eigenvalue weighted by Crippen LogP contribution is 2.46. The fourth-order valence-electron chi connectivity index (χ4n) is 5.33. The first-order chi connectivity index (χ1) is 17.0. The van der Waals surface area contributed by atoms with Crippen LogP contribution >= 0.6 is 11.3 Å². The van der Waals surface area contributed by atoms with Gasteiger partial charge >= 0.3 is 23.9 Å². The smallest absolute Gasteiger partial charge is 0.356 e. The van der Waals surface area contributed by atoms with Crippen LogP contribution in [-0.2, 0) is 22.3 Å². The number of rotatable bonds is 14. The number of hydrogen-bond donors (Lipinski definition) is 0. The van der Waals surface area contributed by atoms with Crippen molar-refractivity contribution in [1.82, 2.24) is 0 Å². The number of unbranched alkanes of at least 4 members (excludes halogenated alkanes) is 10. The van der Waals surface area contributed by atoms with E-state index in [9.17, 15) is 19.2 Å². The molecular weight excluding hydrogens is 464 g/mol. The first-order valence-corrected chi connectivity index (χ1v) is 14.0. The third-order valence-corrected chi connectivity index (χ3v) is 8.24. The van der Waals surface area contributed by atoms with Crippen molar-refractivity contribution in [3.05, 3.63) is 32.0 Å². The third-order valence-electron chi connectivity index (χ3n) is 7.09. The number of esters is 4. The van der Waals surface area contributed by atoms with Gasteiger partial charge in [0.1, 0.15) is 9.75 Å². The molecule has 0 saturated carbocycles. The van der Waals surface area contributed by atoms with E-state index >= 15 is 0 Å². The lowest BCUT2D eigenvalue weighted by atomic mass is 9.83. The van der Waals surface area contributed by atoms with E-state index in [1.54, 1.807) is 0 Å². The SMILES string of the molecule is CCCCCCCCc1c(CCCCCCCC)c2c3c(sc4c3c1C(=O)OC4=O)C(=O)OC2=O. The molecule has 1 aromatic carbocycles. The van der Waals surface area contributed by atoms with Gasteiger partial charge in [0.25, 0.3) is 0 Å². The molecule has 7 heteroatoms. The second-order valence-electron chi connectivity index (χ2n) is 9.61. The number of ether oxygens (including phenoxy) is 2. The summed E-state index contributed by atoms with van der Waals surface area (Å²) in [5, 5.41) is 0.831. The number of hydrogen-bond acceptors (Lipinski definition) is 7. The van der Waals surface area contributed by atoms with Gasteiger partial charge in [0.15, 0.2) is 0 Å². The highest BCUT2D eigenvalue weighted by atomic mass is 32.1. The number of carbonyl (C=O) groups excluding carboxylic acids is 4. The van der Waals surface area contributed by atoms with Crippen LogP contribution in [0, 0.1) is 0 Å². The van der Waals surface area contributed by atoms with E-state index < -0.39 is 23.9 Å². The molecule has 0 spiro atoms. The Bertz CT molecular complexity index is 1070. The quantitative estimate of drug-likeness (QED) is 0.154. The number of carbonyl (C=O) groups is 4. The molecule has 3 heterocycles. The van der Waals surface area contributed by atoms with Crippen molar-refractivity contribution in [2.24, 2.45) is 0 Å². The predicted octanol–water partition coefficient (Wildman–Crippen LogP) is 7.33. The molecule has 2 aromatic rings. The summed E-state index contributed by atoms with van der Waals surface area (Å²) in [4.78, 5) is 51.5. The van der Waals surface area contributed by atoms with Crippen molar-refractivity contribution in [3.8, 4) is 0 Å². The van der Waals surface area contributed by atoms with Crippen LogP contribution in [0.2, 0.25) is 0 Å². The van der Waals surface area contributed by atoms with Crippen LogP contribution in [0.25, 0.3) is 10.8 Å². The van der Waals surface area contributed by atoms with Crippen LogP contribution in [0.1, 0.15) is 142 Å². The molecule has 0 saturated heterocycles. The number of benzene rings is 1. The van der Waals surface area contributed by atoms with Gasteiger partial charge in [0, 0.05) is 10.8 Å². The van der Waals surface area contributed by atoms with Crippen LogP contribution < -0.4 is 0 Å². The van der Waals surface area contributed by atoms with Gasteiger partial charge in [-0.2, -0.15) is 0 Å². The van der Waals surface area contributed by atoms with Gasteiger partial charge in [-0.25, -0.2) is 19.2 Å². The molecule has 4 rings (SSSR count). The summed E-state index contributed by atoms with van der Waals surface area (Å²) in [6, 6.07) is 0. The maximum atomic E-state index is 13.0. The standard InChI is InChI=1S/C28H34O6S/c1-3-5-7-9-11-13-15-17-18(16-14-12-10-8-6-4-2)20-22-21-19(17)25(29)33-27(31)23(21)35-24(22)28(32)34-26(20)30/h3-16H2,1-2H3. The van der Waals surface area contributed by atoms with E-state index in [1.807, 2.05) is 0 Å². The van der Waals surface area contributed by atoms with E-state index in [2.05, 4.69) is 13.8 Å². The second kappa shape index (κ2) is 11.5. The molecule has 0 bridgehead atoms. The highest BCUT2D eigenvalue weighted by molar-refractivity contribution is 7.18. The maximum absolute atomic E-state index is 13.0. The van der Waals surface area contributed by atoms with Crippen molar-refractivity contribution < 1.29 is 28.7 Å². The molecule has 0 atom stereocenters. The molecule has 0 aliphatic carbocycles. The average molecular weight is 499 g/mol. The number of thiophene rings is 1. The molecule has 1 aromatic heterocycles. The zero-order chi connectivity index (χ0) is 24.9. The average Bonchev–Trinajstić information content (AvgIpc) is 3.23. The van der Waals surface area contributed by atoms with Gasteiger partial charge in [0.05, 0.1) is 11.1 Å². The van der Waals surface area contributed by atoms with Crippen LogP contribution in [0.5, 0.6) is 0 Å². The van der Waals surface area contributed by atoms with Crippen LogP contribution in [-0.4, -0.2) is 23.9 Å².